The van der Waals surface area contributed by atoms with E-state index < -0.39 is 24.2 Å². The molecule has 6 aliphatic rings. The Morgan fingerprint density at radius 3 is 1.47 bits per heavy atom. The van der Waals surface area contributed by atoms with Crippen LogP contribution in [-0.4, -0.2) is 127 Å². The van der Waals surface area contributed by atoms with Gasteiger partial charge in [0.25, 0.3) is 0 Å². The van der Waals surface area contributed by atoms with E-state index in [0.717, 1.165) is 108 Å². The van der Waals surface area contributed by atoms with E-state index in [4.69, 9.17) is 66.7 Å². The number of rotatable bonds is 17. The van der Waals surface area contributed by atoms with Crippen molar-refractivity contribution in [3.8, 4) is 11.5 Å². The molecule has 6 N–H and O–H groups in total. The molecule has 380 valence electrons. The third-order valence-corrected chi connectivity index (χ3v) is 14.7. The van der Waals surface area contributed by atoms with Crippen molar-refractivity contribution < 1.29 is 39.1 Å². The van der Waals surface area contributed by atoms with Gasteiger partial charge in [-0.05, 0) is 161 Å². The number of aliphatic hydroxyl groups is 2. The number of benzene rings is 4. The van der Waals surface area contributed by atoms with E-state index in [1.165, 1.54) is 6.42 Å². The van der Waals surface area contributed by atoms with Crippen LogP contribution in [0.2, 0.25) is 20.1 Å². The van der Waals surface area contributed by atoms with Crippen molar-refractivity contribution in [2.75, 3.05) is 75.2 Å². The van der Waals surface area contributed by atoms with Gasteiger partial charge in [0.2, 0.25) is 5.91 Å². The van der Waals surface area contributed by atoms with E-state index in [1.807, 2.05) is 72.8 Å². The largest absolute Gasteiger partial charge is 0.489 e. The molecule has 4 aromatic carbocycles. The maximum atomic E-state index is 13.2. The summed E-state index contributed by atoms with van der Waals surface area (Å²) >= 11 is 24.4. The Morgan fingerprint density at radius 2 is 1.06 bits per heavy atom. The van der Waals surface area contributed by atoms with Gasteiger partial charge in [-0.1, -0.05) is 58.5 Å². The highest BCUT2D eigenvalue weighted by Crippen LogP contribution is 2.36. The van der Waals surface area contributed by atoms with Crippen molar-refractivity contribution in [2.24, 2.45) is 17.6 Å². The lowest BCUT2D eigenvalue weighted by molar-refractivity contribution is -0.141. The lowest BCUT2D eigenvalue weighted by Crippen LogP contribution is -2.52. The van der Waals surface area contributed by atoms with Crippen LogP contribution in [0.25, 0.3) is 0 Å². The molecular weight excluding hydrogens is 981 g/mol. The molecule has 0 aromatic heterocycles. The molecule has 6 fully saturated rings. The number of carbonyl (C=O) groups excluding carboxylic acids is 1. The Morgan fingerprint density at radius 1 is 0.614 bits per heavy atom. The zero-order valence-electron chi connectivity index (χ0n) is 39.2. The van der Waals surface area contributed by atoms with Gasteiger partial charge in [-0.2, -0.15) is 0 Å². The van der Waals surface area contributed by atoms with Crippen LogP contribution in [0.15, 0.2) is 84.9 Å². The lowest BCUT2D eigenvalue weighted by atomic mass is 9.99. The average molecular weight is 1050 g/mol. The quantitative estimate of drug-likeness (QED) is 0.0685. The predicted molar refractivity (Wildman–Crippen MR) is 276 cm³/mol. The molecule has 70 heavy (non-hydrogen) atoms. The van der Waals surface area contributed by atoms with Crippen molar-refractivity contribution in [2.45, 2.75) is 87.9 Å². The molecule has 4 saturated heterocycles. The summed E-state index contributed by atoms with van der Waals surface area (Å²) in [6, 6.07) is 25.4. The number of amides is 1. The first-order chi connectivity index (χ1) is 33.3. The van der Waals surface area contributed by atoms with E-state index >= 15 is 0 Å². The Hall–Kier alpha value is -4.09. The van der Waals surface area contributed by atoms with Crippen molar-refractivity contribution in [3.05, 3.63) is 116 Å². The van der Waals surface area contributed by atoms with E-state index in [9.17, 15) is 19.8 Å². The van der Waals surface area contributed by atoms with E-state index in [2.05, 4.69) is 24.9 Å². The first-order valence-corrected chi connectivity index (χ1v) is 25.8. The topological polar surface area (TPSA) is 164 Å². The van der Waals surface area contributed by atoms with Crippen molar-refractivity contribution in [3.63, 3.8) is 0 Å². The number of hydrogen-bond donors (Lipinski definition) is 5. The molecule has 0 radical (unpaired) electrons. The number of aliphatic carboxylic acids is 1. The van der Waals surface area contributed by atoms with Crippen LogP contribution in [0.5, 0.6) is 11.5 Å². The van der Waals surface area contributed by atoms with Gasteiger partial charge in [-0.3, -0.25) is 14.3 Å². The minimum absolute atomic E-state index is 0. The van der Waals surface area contributed by atoms with Gasteiger partial charge < -0.3 is 55.4 Å². The van der Waals surface area contributed by atoms with Gasteiger partial charge in [0, 0.05) is 66.7 Å². The Kier molecular flexibility index (Phi) is 19.2. The van der Waals surface area contributed by atoms with Crippen LogP contribution in [0, 0.1) is 11.8 Å². The number of carboxylic acids is 1. The van der Waals surface area contributed by atoms with Crippen LogP contribution in [-0.2, 0) is 9.59 Å². The molecule has 2 aliphatic carbocycles. The molecule has 10 rings (SSSR count). The second-order valence-corrected chi connectivity index (χ2v) is 20.8. The summed E-state index contributed by atoms with van der Waals surface area (Å²) in [4.78, 5) is 32.8. The smallest absolute Gasteiger partial charge is 0.308 e. The molecule has 18 heteroatoms. The van der Waals surface area contributed by atoms with E-state index in [0.29, 0.717) is 62.9 Å². The van der Waals surface area contributed by atoms with Gasteiger partial charge in [0.15, 0.2) is 0 Å². The number of halogens is 5. The standard InChI is InChI=1S/C26H31Cl2N3O3.C15H21ClN2O2.C11H12ClNO2.FH/c27-19-3-5-20(6-4-19)31-13-10-18(15-31)26(33)29-23(16-30-11-1-12-30)25(32)17-2-9-24(22(28)14-17)34-21-7-8-21;16-12-8-10(2-5-14(12)20-11-3-4-11)15(19)13(17)9-18-6-1-7-18;12-9-1-3-10(4-2-9)13-6-5-8(7-13)11(14)15;/h2-6,9,14,18,21,23,25,32H,1,7-8,10-13,15-16H2,(H,29,33);2,5,8,11,13,15,19H,1,3-4,6-7,9,17H2;1-4,8H,5-7H2,(H,14,15);1H/t18-,23-,25-;13-,15-;8-;/m111./s1. The fraction of sp³-hybridized carbons (Fsp3) is 0.500. The molecular formula is C52H65Cl4FN6O7. The summed E-state index contributed by atoms with van der Waals surface area (Å²) in [6.07, 6.45) is 7.20. The summed E-state index contributed by atoms with van der Waals surface area (Å²) in [5.74, 6) is 0.269. The molecule has 4 aromatic rings. The third-order valence-electron chi connectivity index (χ3n) is 13.6. The van der Waals surface area contributed by atoms with Gasteiger partial charge in [0.1, 0.15) is 17.6 Å². The third kappa shape index (κ3) is 15.0. The van der Waals surface area contributed by atoms with Gasteiger partial charge in [0.05, 0.1) is 46.2 Å². The predicted octanol–water partition coefficient (Wildman–Crippen LogP) is 8.64. The van der Waals surface area contributed by atoms with Crippen LogP contribution in [0.4, 0.5) is 16.1 Å². The van der Waals surface area contributed by atoms with E-state index in [-0.39, 0.29) is 34.6 Å². The maximum Gasteiger partial charge on any atom is 0.308 e. The second-order valence-electron chi connectivity index (χ2n) is 19.1. The van der Waals surface area contributed by atoms with Gasteiger partial charge in [-0.15, -0.1) is 0 Å². The second kappa shape index (κ2) is 25.0. The maximum absolute atomic E-state index is 13.2. The Balaban J connectivity index is 0.000000170. The molecule has 1 amide bonds. The van der Waals surface area contributed by atoms with Gasteiger partial charge in [-0.25, -0.2) is 0 Å². The number of nitrogens with one attached hydrogen (secondary N) is 1. The van der Waals surface area contributed by atoms with Crippen LogP contribution in [0.3, 0.4) is 0 Å². The summed E-state index contributed by atoms with van der Waals surface area (Å²) in [7, 11) is 0. The number of carboxylic acid groups (broad SMARTS) is 1. The zero-order chi connectivity index (χ0) is 48.6. The highest BCUT2D eigenvalue weighted by atomic mass is 35.5. The summed E-state index contributed by atoms with van der Waals surface area (Å²) in [5, 5.41) is 36.0. The summed E-state index contributed by atoms with van der Waals surface area (Å²) < 4.78 is 11.5. The average Bonchev–Trinajstić information content (AvgIpc) is 4.21. The molecule has 0 spiro atoms. The number of hydrogen-bond acceptors (Lipinski definition) is 11. The summed E-state index contributed by atoms with van der Waals surface area (Å²) in [5.41, 5.74) is 9.63. The number of ether oxygens (including phenoxy) is 2. The first-order valence-electron chi connectivity index (χ1n) is 24.3. The van der Waals surface area contributed by atoms with Crippen molar-refractivity contribution in [1.29, 1.82) is 0 Å². The normalized spacial score (nSPS) is 21.5. The number of aliphatic hydroxyl groups excluding tert-OH is 2. The molecule has 6 atom stereocenters. The van der Waals surface area contributed by atoms with Gasteiger partial charge >= 0.3 is 5.97 Å². The number of likely N-dealkylation sites (tertiary alicyclic amines) is 2. The number of nitrogens with two attached hydrogens (primary N) is 1. The van der Waals surface area contributed by atoms with Crippen LogP contribution in [0.1, 0.15) is 74.7 Å². The highest BCUT2D eigenvalue weighted by molar-refractivity contribution is 6.32. The number of carbonyl (C=O) groups is 2. The highest BCUT2D eigenvalue weighted by Gasteiger charge is 2.34. The molecule has 2 saturated carbocycles. The van der Waals surface area contributed by atoms with E-state index in [1.54, 1.807) is 12.1 Å². The van der Waals surface area contributed by atoms with Crippen molar-refractivity contribution >= 4 is 69.7 Å². The minimum atomic E-state index is -0.856. The fourth-order valence-electron chi connectivity index (χ4n) is 8.84. The Bertz CT molecular complexity index is 2340. The molecule has 0 unspecified atom stereocenters. The monoisotopic (exact) mass is 1040 g/mol. The number of nitrogens with zero attached hydrogens (tertiary/aromatic N) is 4. The molecule has 4 aliphatic heterocycles. The fourth-order valence-corrected chi connectivity index (χ4v) is 9.56. The minimum Gasteiger partial charge on any atom is -0.489 e. The van der Waals surface area contributed by atoms with Crippen LogP contribution >= 0.6 is 46.4 Å². The first kappa shape index (κ1) is 53.7. The lowest BCUT2D eigenvalue weighted by Gasteiger charge is -2.36. The van der Waals surface area contributed by atoms with Crippen molar-refractivity contribution in [1.82, 2.24) is 15.1 Å². The Labute approximate surface area is 430 Å². The van der Waals surface area contributed by atoms with Crippen LogP contribution < -0.4 is 30.3 Å². The molecule has 4 heterocycles. The number of anilines is 2. The SMILES string of the molecule is F.N[C@H](CN1CCC1)[C@H](O)c1ccc(OC2CC2)c(Cl)c1.O=C(N[C@H](CN1CCC1)[C@H](O)c1ccc(OC2CC2)c(Cl)c1)[C@@H]1CCN(c2ccc(Cl)cc2)C1.O=C(O)[C@@H]1CCN(c2ccc(Cl)cc2)C1. The summed E-state index contributed by atoms with van der Waals surface area (Å²) in [6.45, 7) is 8.33. The molecule has 0 bridgehead atoms. The molecule has 13 nitrogen and oxygen atoms in total. The zero-order valence-corrected chi connectivity index (χ0v) is 42.2.